The van der Waals surface area contributed by atoms with Gasteiger partial charge >= 0.3 is 0 Å². The summed E-state index contributed by atoms with van der Waals surface area (Å²) in [4.78, 5) is 0. The molecule has 5 heteroatoms. The molecular weight excluding hydrogens is 362 g/mol. The van der Waals surface area contributed by atoms with E-state index >= 15 is 0 Å². The zero-order valence-electron chi connectivity index (χ0n) is 14.8. The van der Waals surface area contributed by atoms with Crippen molar-refractivity contribution >= 4 is 22.6 Å². The Morgan fingerprint density at radius 1 is 1.00 bits per heavy atom. The second-order valence-electron chi connectivity index (χ2n) is 6.34. The molecule has 3 aromatic carbocycles. The van der Waals surface area contributed by atoms with Gasteiger partial charge in [0, 0.05) is 10.6 Å². The Morgan fingerprint density at radius 3 is 2.56 bits per heavy atom. The number of fused-ring (bicyclic) bond motifs is 1. The molecule has 0 spiro atoms. The molecule has 0 aliphatic carbocycles. The highest BCUT2D eigenvalue weighted by Crippen LogP contribution is 2.35. The van der Waals surface area contributed by atoms with E-state index in [1.54, 1.807) is 30.3 Å². The maximum atomic E-state index is 9.82. The summed E-state index contributed by atoms with van der Waals surface area (Å²) in [7, 11) is 0. The molecule has 0 aliphatic heterocycles. The standard InChI is InChI=1S/C22H18ClNO3/c1-2-3-14-12-18(26-17-7-4-15(23)5-8-17)9-10-19(14)22-20-13-16(25)6-11-21(20)27-24-22/h4-13,25H,2-3H2,1H3. The fourth-order valence-corrected chi connectivity index (χ4v) is 3.23. The number of benzene rings is 3. The van der Waals surface area contributed by atoms with Crippen LogP contribution in [0.15, 0.2) is 65.2 Å². The van der Waals surface area contributed by atoms with Crippen LogP contribution in [0.4, 0.5) is 0 Å². The molecule has 0 bridgehead atoms. The van der Waals surface area contributed by atoms with Crippen LogP contribution >= 0.6 is 11.6 Å². The van der Waals surface area contributed by atoms with E-state index < -0.39 is 0 Å². The lowest BCUT2D eigenvalue weighted by Gasteiger charge is -2.11. The molecule has 4 aromatic rings. The Hall–Kier alpha value is -2.98. The first-order chi connectivity index (χ1) is 13.1. The van der Waals surface area contributed by atoms with Gasteiger partial charge in [0.2, 0.25) is 0 Å². The third kappa shape index (κ3) is 3.62. The number of ether oxygens (including phenoxy) is 1. The van der Waals surface area contributed by atoms with E-state index in [-0.39, 0.29) is 5.75 Å². The maximum absolute atomic E-state index is 9.82. The first-order valence-electron chi connectivity index (χ1n) is 8.79. The molecule has 0 amide bonds. The third-order valence-electron chi connectivity index (χ3n) is 4.35. The fourth-order valence-electron chi connectivity index (χ4n) is 3.10. The zero-order chi connectivity index (χ0) is 18.8. The fraction of sp³-hybridized carbons (Fsp3) is 0.136. The van der Waals surface area contributed by atoms with Crippen molar-refractivity contribution in [2.24, 2.45) is 0 Å². The molecule has 27 heavy (non-hydrogen) atoms. The van der Waals surface area contributed by atoms with E-state index in [0.29, 0.717) is 10.6 Å². The van der Waals surface area contributed by atoms with Crippen LogP contribution in [0.5, 0.6) is 17.2 Å². The van der Waals surface area contributed by atoms with E-state index in [0.717, 1.165) is 46.5 Å². The van der Waals surface area contributed by atoms with Crippen molar-refractivity contribution in [3.05, 3.63) is 71.2 Å². The molecule has 0 saturated heterocycles. The Bertz CT molecular complexity index is 1090. The number of aromatic hydroxyl groups is 1. The van der Waals surface area contributed by atoms with Gasteiger partial charge in [-0.3, -0.25) is 0 Å². The molecule has 1 aromatic heterocycles. The van der Waals surface area contributed by atoms with Crippen molar-refractivity contribution in [2.75, 3.05) is 0 Å². The van der Waals surface area contributed by atoms with Crippen molar-refractivity contribution in [1.82, 2.24) is 5.16 Å². The number of rotatable bonds is 5. The predicted molar refractivity (Wildman–Crippen MR) is 107 cm³/mol. The average molecular weight is 380 g/mol. The van der Waals surface area contributed by atoms with E-state index in [1.165, 1.54) is 0 Å². The summed E-state index contributed by atoms with van der Waals surface area (Å²) in [6, 6.07) is 18.2. The Morgan fingerprint density at radius 2 is 1.78 bits per heavy atom. The summed E-state index contributed by atoms with van der Waals surface area (Å²) in [5.74, 6) is 1.67. The molecule has 0 fully saturated rings. The summed E-state index contributed by atoms with van der Waals surface area (Å²) in [6.07, 6.45) is 1.86. The smallest absolute Gasteiger partial charge is 0.167 e. The van der Waals surface area contributed by atoms with Crippen LogP contribution in [0.3, 0.4) is 0 Å². The first-order valence-corrected chi connectivity index (χ1v) is 9.17. The molecule has 0 aliphatic rings. The highest BCUT2D eigenvalue weighted by atomic mass is 35.5. The number of hydrogen-bond donors (Lipinski definition) is 1. The van der Waals surface area contributed by atoms with Crippen LogP contribution in [0.25, 0.3) is 22.2 Å². The normalized spacial score (nSPS) is 11.0. The Balaban J connectivity index is 1.74. The van der Waals surface area contributed by atoms with Crippen molar-refractivity contribution in [1.29, 1.82) is 0 Å². The summed E-state index contributed by atoms with van der Waals surface area (Å²) >= 11 is 5.93. The monoisotopic (exact) mass is 379 g/mol. The zero-order valence-corrected chi connectivity index (χ0v) is 15.5. The van der Waals surface area contributed by atoms with Crippen molar-refractivity contribution < 1.29 is 14.4 Å². The minimum absolute atomic E-state index is 0.187. The number of aryl methyl sites for hydroxylation is 1. The van der Waals surface area contributed by atoms with Crippen molar-refractivity contribution in [3.8, 4) is 28.5 Å². The Labute approximate surface area is 161 Å². The van der Waals surface area contributed by atoms with Crippen molar-refractivity contribution in [2.45, 2.75) is 19.8 Å². The number of phenols is 1. The van der Waals surface area contributed by atoms with Gasteiger partial charge in [0.25, 0.3) is 0 Å². The summed E-state index contributed by atoms with van der Waals surface area (Å²) in [6.45, 7) is 2.13. The van der Waals surface area contributed by atoms with Gasteiger partial charge < -0.3 is 14.4 Å². The second-order valence-corrected chi connectivity index (χ2v) is 6.77. The van der Waals surface area contributed by atoms with Crippen molar-refractivity contribution in [3.63, 3.8) is 0 Å². The van der Waals surface area contributed by atoms with E-state index in [2.05, 4.69) is 12.1 Å². The molecule has 0 saturated carbocycles. The first kappa shape index (κ1) is 17.4. The van der Waals surface area contributed by atoms with E-state index in [4.69, 9.17) is 20.9 Å². The predicted octanol–water partition coefficient (Wildman–Crippen LogP) is 6.60. The van der Waals surface area contributed by atoms with Gasteiger partial charge in [-0.05, 0) is 72.6 Å². The van der Waals surface area contributed by atoms with Crippen LogP contribution in [0.1, 0.15) is 18.9 Å². The number of phenolic OH excluding ortho intramolecular Hbond substituents is 1. The van der Waals surface area contributed by atoms with E-state index in [9.17, 15) is 5.11 Å². The SMILES string of the molecule is CCCc1cc(Oc2ccc(Cl)cc2)ccc1-c1noc2ccc(O)cc12. The molecule has 0 radical (unpaired) electrons. The van der Waals surface area contributed by atoms with Gasteiger partial charge in [-0.2, -0.15) is 0 Å². The summed E-state index contributed by atoms with van der Waals surface area (Å²) in [5.41, 5.74) is 3.46. The lowest BCUT2D eigenvalue weighted by molar-refractivity contribution is 0.457. The molecule has 1 heterocycles. The molecule has 136 valence electrons. The van der Waals surface area contributed by atoms with Crippen LogP contribution in [-0.4, -0.2) is 10.3 Å². The maximum Gasteiger partial charge on any atom is 0.167 e. The number of halogens is 1. The van der Waals surface area contributed by atoms with Crippen LogP contribution in [0, 0.1) is 0 Å². The lowest BCUT2D eigenvalue weighted by atomic mass is 9.98. The summed E-state index contributed by atoms with van der Waals surface area (Å²) in [5, 5.41) is 15.5. The van der Waals surface area contributed by atoms with Gasteiger partial charge in [-0.25, -0.2) is 0 Å². The lowest BCUT2D eigenvalue weighted by Crippen LogP contribution is -1.93. The molecule has 0 unspecified atom stereocenters. The quantitative estimate of drug-likeness (QED) is 0.424. The van der Waals surface area contributed by atoms with Crippen LogP contribution in [-0.2, 0) is 6.42 Å². The molecule has 4 rings (SSSR count). The van der Waals surface area contributed by atoms with Gasteiger partial charge in [-0.1, -0.05) is 30.1 Å². The van der Waals surface area contributed by atoms with Gasteiger partial charge in [-0.15, -0.1) is 0 Å². The summed E-state index contributed by atoms with van der Waals surface area (Å²) < 4.78 is 11.4. The highest BCUT2D eigenvalue weighted by Gasteiger charge is 2.15. The van der Waals surface area contributed by atoms with E-state index in [1.807, 2.05) is 30.3 Å². The molecule has 0 atom stereocenters. The van der Waals surface area contributed by atoms with Gasteiger partial charge in [0.15, 0.2) is 5.58 Å². The highest BCUT2D eigenvalue weighted by molar-refractivity contribution is 6.30. The molecular formula is C22H18ClNO3. The third-order valence-corrected chi connectivity index (χ3v) is 4.61. The minimum Gasteiger partial charge on any atom is -0.508 e. The number of aromatic nitrogens is 1. The molecule has 4 nitrogen and oxygen atoms in total. The van der Waals surface area contributed by atoms with Gasteiger partial charge in [0.05, 0.1) is 5.39 Å². The largest absolute Gasteiger partial charge is 0.508 e. The number of hydrogen-bond acceptors (Lipinski definition) is 4. The van der Waals surface area contributed by atoms with Crippen LogP contribution < -0.4 is 4.74 Å². The minimum atomic E-state index is 0.187. The Kier molecular flexibility index (Phi) is 4.73. The topological polar surface area (TPSA) is 55.5 Å². The molecule has 1 N–H and O–H groups in total. The average Bonchev–Trinajstić information content (AvgIpc) is 3.07. The number of nitrogens with zero attached hydrogens (tertiary/aromatic N) is 1. The van der Waals surface area contributed by atoms with Gasteiger partial charge in [0.1, 0.15) is 22.9 Å². The second kappa shape index (κ2) is 7.33. The van der Waals surface area contributed by atoms with Crippen LogP contribution in [0.2, 0.25) is 5.02 Å².